The Morgan fingerprint density at radius 2 is 2.17 bits per heavy atom. The quantitative estimate of drug-likeness (QED) is 0.395. The van der Waals surface area contributed by atoms with Crippen LogP contribution in [0.15, 0.2) is 4.99 Å². The number of hydrogen-bond acceptors (Lipinski definition) is 2. The van der Waals surface area contributed by atoms with Crippen LogP contribution in [0.3, 0.4) is 0 Å². The molecule has 0 aromatic heterocycles. The van der Waals surface area contributed by atoms with Crippen molar-refractivity contribution in [1.29, 1.82) is 0 Å². The molecule has 1 heterocycles. The highest BCUT2D eigenvalue weighted by Crippen LogP contribution is 2.15. The van der Waals surface area contributed by atoms with Gasteiger partial charge in [-0.05, 0) is 31.8 Å². The molecule has 4 nitrogen and oxygen atoms in total. The molecule has 1 fully saturated rings. The number of likely N-dealkylation sites (tertiary alicyclic amines) is 1. The van der Waals surface area contributed by atoms with E-state index in [9.17, 15) is 0 Å². The third kappa shape index (κ3) is 6.24. The van der Waals surface area contributed by atoms with Gasteiger partial charge in [-0.1, -0.05) is 33.1 Å². The molecule has 0 aliphatic carbocycles. The van der Waals surface area contributed by atoms with E-state index in [1.807, 2.05) is 0 Å². The summed E-state index contributed by atoms with van der Waals surface area (Å²) in [7, 11) is 0. The average Bonchev–Trinajstić information content (AvgIpc) is 2.84. The summed E-state index contributed by atoms with van der Waals surface area (Å²) in [5.41, 5.74) is 5.86. The van der Waals surface area contributed by atoms with Gasteiger partial charge in [-0.15, -0.1) is 0 Å². The van der Waals surface area contributed by atoms with Crippen molar-refractivity contribution >= 4 is 5.96 Å². The van der Waals surface area contributed by atoms with Gasteiger partial charge in [0, 0.05) is 19.6 Å². The first kappa shape index (κ1) is 15.3. The van der Waals surface area contributed by atoms with Crippen molar-refractivity contribution in [3.63, 3.8) is 0 Å². The van der Waals surface area contributed by atoms with Gasteiger partial charge in [0.2, 0.25) is 0 Å². The number of aliphatic imine (C=N–C) groups is 1. The van der Waals surface area contributed by atoms with Crippen molar-refractivity contribution in [2.24, 2.45) is 16.6 Å². The van der Waals surface area contributed by atoms with Crippen LogP contribution in [-0.4, -0.2) is 43.6 Å². The molecule has 3 N–H and O–H groups in total. The number of guanidine groups is 1. The van der Waals surface area contributed by atoms with Crippen molar-refractivity contribution in [3.8, 4) is 0 Å². The van der Waals surface area contributed by atoms with Crippen molar-refractivity contribution in [2.75, 3.05) is 32.7 Å². The van der Waals surface area contributed by atoms with E-state index < -0.39 is 0 Å². The van der Waals surface area contributed by atoms with E-state index in [1.165, 1.54) is 45.2 Å². The second-order valence-electron chi connectivity index (χ2n) is 5.26. The van der Waals surface area contributed by atoms with Gasteiger partial charge < -0.3 is 16.0 Å². The predicted octanol–water partition coefficient (Wildman–Crippen LogP) is 1.81. The van der Waals surface area contributed by atoms with Crippen LogP contribution in [0.4, 0.5) is 0 Å². The van der Waals surface area contributed by atoms with Gasteiger partial charge in [0.1, 0.15) is 0 Å². The summed E-state index contributed by atoms with van der Waals surface area (Å²) in [4.78, 5) is 6.93. The molecule has 1 rings (SSSR count). The van der Waals surface area contributed by atoms with E-state index in [2.05, 4.69) is 29.1 Å². The van der Waals surface area contributed by atoms with E-state index in [0.717, 1.165) is 19.6 Å². The third-order valence-corrected chi connectivity index (χ3v) is 3.67. The fourth-order valence-corrected chi connectivity index (χ4v) is 2.40. The smallest absolute Gasteiger partial charge is 0.188 e. The molecular formula is C14H30N4. The highest BCUT2D eigenvalue weighted by molar-refractivity contribution is 5.77. The van der Waals surface area contributed by atoms with Crippen LogP contribution in [0.25, 0.3) is 0 Å². The molecule has 4 heteroatoms. The maximum atomic E-state index is 5.86. The lowest BCUT2D eigenvalue weighted by Crippen LogP contribution is -2.33. The summed E-state index contributed by atoms with van der Waals surface area (Å²) >= 11 is 0. The summed E-state index contributed by atoms with van der Waals surface area (Å²) in [6.45, 7) is 9.85. The van der Waals surface area contributed by atoms with Gasteiger partial charge in [-0.3, -0.25) is 4.99 Å². The monoisotopic (exact) mass is 254 g/mol. The number of rotatable bonds is 8. The lowest BCUT2D eigenvalue weighted by molar-refractivity contribution is 0.343. The van der Waals surface area contributed by atoms with Gasteiger partial charge in [-0.2, -0.15) is 0 Å². The largest absolute Gasteiger partial charge is 0.370 e. The average molecular weight is 254 g/mol. The third-order valence-electron chi connectivity index (χ3n) is 3.67. The second kappa shape index (κ2) is 9.20. The molecule has 1 unspecified atom stereocenters. The van der Waals surface area contributed by atoms with Crippen LogP contribution in [0.1, 0.15) is 46.0 Å². The molecule has 106 valence electrons. The first-order chi connectivity index (χ1) is 8.76. The van der Waals surface area contributed by atoms with E-state index in [1.54, 1.807) is 0 Å². The van der Waals surface area contributed by atoms with Gasteiger partial charge in [0.05, 0.1) is 0 Å². The fourth-order valence-electron chi connectivity index (χ4n) is 2.40. The van der Waals surface area contributed by atoms with E-state index >= 15 is 0 Å². The maximum Gasteiger partial charge on any atom is 0.188 e. The van der Waals surface area contributed by atoms with Crippen LogP contribution < -0.4 is 11.1 Å². The Hall–Kier alpha value is -0.770. The fraction of sp³-hybridized carbons (Fsp3) is 0.929. The molecule has 0 aromatic rings. The summed E-state index contributed by atoms with van der Waals surface area (Å²) in [6.07, 6.45) is 6.33. The lowest BCUT2D eigenvalue weighted by atomic mass is 10.1. The Bertz CT molecular complexity index is 240. The molecule has 1 saturated heterocycles. The minimum absolute atomic E-state index is 0.626. The van der Waals surface area contributed by atoms with Crippen molar-refractivity contribution in [1.82, 2.24) is 10.2 Å². The zero-order valence-corrected chi connectivity index (χ0v) is 12.1. The molecule has 0 saturated carbocycles. The SMILES string of the molecule is CCCCCCNC(N)=NCC1CCN(CC)C1. The molecular weight excluding hydrogens is 224 g/mol. The number of nitrogens with one attached hydrogen (secondary N) is 1. The highest BCUT2D eigenvalue weighted by atomic mass is 15.1. The first-order valence-corrected chi connectivity index (χ1v) is 7.52. The minimum atomic E-state index is 0.626. The molecule has 1 atom stereocenters. The van der Waals surface area contributed by atoms with Gasteiger partial charge in [0.25, 0.3) is 0 Å². The van der Waals surface area contributed by atoms with E-state index in [0.29, 0.717) is 11.9 Å². The molecule has 0 bridgehead atoms. The summed E-state index contributed by atoms with van der Waals surface area (Å²) < 4.78 is 0. The lowest BCUT2D eigenvalue weighted by Gasteiger charge is -2.12. The van der Waals surface area contributed by atoms with Crippen LogP contribution >= 0.6 is 0 Å². The van der Waals surface area contributed by atoms with Crippen molar-refractivity contribution in [2.45, 2.75) is 46.0 Å². The molecule has 0 aromatic carbocycles. The minimum Gasteiger partial charge on any atom is -0.370 e. The number of unbranched alkanes of at least 4 members (excludes halogenated alkanes) is 3. The van der Waals surface area contributed by atoms with Crippen molar-refractivity contribution in [3.05, 3.63) is 0 Å². The zero-order valence-electron chi connectivity index (χ0n) is 12.1. The van der Waals surface area contributed by atoms with Gasteiger partial charge in [-0.25, -0.2) is 0 Å². The number of nitrogens with two attached hydrogens (primary N) is 1. The molecule has 0 radical (unpaired) electrons. The number of hydrogen-bond donors (Lipinski definition) is 2. The first-order valence-electron chi connectivity index (χ1n) is 7.52. The second-order valence-corrected chi connectivity index (χ2v) is 5.26. The van der Waals surface area contributed by atoms with Crippen LogP contribution in [-0.2, 0) is 0 Å². The zero-order chi connectivity index (χ0) is 13.2. The Labute approximate surface area is 112 Å². The van der Waals surface area contributed by atoms with E-state index in [4.69, 9.17) is 5.73 Å². The van der Waals surface area contributed by atoms with E-state index in [-0.39, 0.29) is 0 Å². The predicted molar refractivity (Wildman–Crippen MR) is 78.9 cm³/mol. The molecule has 0 spiro atoms. The van der Waals surface area contributed by atoms with Crippen LogP contribution in [0.2, 0.25) is 0 Å². The molecule has 0 amide bonds. The highest BCUT2D eigenvalue weighted by Gasteiger charge is 2.20. The molecule has 1 aliphatic heterocycles. The molecule has 1 aliphatic rings. The van der Waals surface area contributed by atoms with Gasteiger partial charge >= 0.3 is 0 Å². The Balaban J connectivity index is 2.06. The topological polar surface area (TPSA) is 53.6 Å². The Morgan fingerprint density at radius 1 is 1.33 bits per heavy atom. The van der Waals surface area contributed by atoms with Crippen LogP contribution in [0, 0.1) is 5.92 Å². The van der Waals surface area contributed by atoms with Gasteiger partial charge in [0.15, 0.2) is 5.96 Å². The molecule has 18 heavy (non-hydrogen) atoms. The summed E-state index contributed by atoms with van der Waals surface area (Å²) in [5, 5.41) is 3.20. The maximum absolute atomic E-state index is 5.86. The summed E-state index contributed by atoms with van der Waals surface area (Å²) in [6, 6.07) is 0. The normalized spacial score (nSPS) is 21.4. The summed E-state index contributed by atoms with van der Waals surface area (Å²) in [5.74, 6) is 1.33. The Kier molecular flexibility index (Phi) is 7.81. The van der Waals surface area contributed by atoms with Crippen molar-refractivity contribution < 1.29 is 0 Å². The number of nitrogens with zero attached hydrogens (tertiary/aromatic N) is 2. The van der Waals surface area contributed by atoms with Crippen LogP contribution in [0.5, 0.6) is 0 Å². The standard InChI is InChI=1S/C14H30N4/c1-3-5-6-7-9-16-14(15)17-11-13-8-10-18(4-2)12-13/h13H,3-12H2,1-2H3,(H3,15,16,17). The Morgan fingerprint density at radius 3 is 2.83 bits per heavy atom.